The van der Waals surface area contributed by atoms with Crippen LogP contribution < -0.4 is 0 Å². The van der Waals surface area contributed by atoms with Crippen LogP contribution in [0.1, 0.15) is 11.1 Å². The molecule has 1 aromatic carbocycles. The number of hydrogen-bond donors (Lipinski definition) is 1. The molecule has 0 radical (unpaired) electrons. The summed E-state index contributed by atoms with van der Waals surface area (Å²) in [5.41, 5.74) is -0.195. The van der Waals surface area contributed by atoms with Crippen molar-refractivity contribution in [2.75, 3.05) is 6.61 Å². The molecular formula is C12H9F3O. The molecule has 0 aliphatic carbocycles. The van der Waals surface area contributed by atoms with Crippen LogP contribution in [0.25, 0.3) is 0 Å². The predicted octanol–water partition coefficient (Wildman–Crippen LogP) is 2.61. The lowest BCUT2D eigenvalue weighted by Gasteiger charge is -2.05. The van der Waals surface area contributed by atoms with E-state index in [0.717, 1.165) is 12.1 Å². The molecule has 1 rings (SSSR count). The van der Waals surface area contributed by atoms with Gasteiger partial charge in [-0.05, 0) is 30.3 Å². The highest BCUT2D eigenvalue weighted by Gasteiger charge is 2.29. The highest BCUT2D eigenvalue weighted by Crippen LogP contribution is 2.28. The van der Waals surface area contributed by atoms with Gasteiger partial charge in [-0.1, -0.05) is 17.9 Å². The smallest absolute Gasteiger partial charge is 0.392 e. The monoisotopic (exact) mass is 226 g/mol. The molecule has 0 saturated carbocycles. The Bertz CT molecular complexity index is 418. The van der Waals surface area contributed by atoms with Gasteiger partial charge < -0.3 is 5.11 Å². The van der Waals surface area contributed by atoms with Crippen LogP contribution in [0.5, 0.6) is 0 Å². The first kappa shape index (κ1) is 12.3. The maximum atomic E-state index is 12.2. The lowest BCUT2D eigenvalue weighted by Crippen LogP contribution is -2.03. The molecule has 0 unspecified atom stereocenters. The maximum Gasteiger partial charge on any atom is 0.416 e. The summed E-state index contributed by atoms with van der Waals surface area (Å²) in [6, 6.07) is 4.59. The summed E-state index contributed by atoms with van der Waals surface area (Å²) in [6.07, 6.45) is -1.43. The summed E-state index contributed by atoms with van der Waals surface area (Å²) >= 11 is 0. The molecular weight excluding hydrogens is 217 g/mol. The summed E-state index contributed by atoms with van der Waals surface area (Å²) in [6.45, 7) is -0.109. The highest BCUT2D eigenvalue weighted by molar-refractivity contribution is 5.38. The molecule has 1 N–H and O–H groups in total. The Kier molecular flexibility index (Phi) is 4.15. The second kappa shape index (κ2) is 5.38. The van der Waals surface area contributed by atoms with Crippen molar-refractivity contribution < 1.29 is 18.3 Å². The predicted molar refractivity (Wildman–Crippen MR) is 54.5 cm³/mol. The fourth-order valence-corrected chi connectivity index (χ4v) is 0.979. The number of halogens is 3. The molecule has 0 spiro atoms. The van der Waals surface area contributed by atoms with Crippen molar-refractivity contribution in [3.8, 4) is 11.8 Å². The summed E-state index contributed by atoms with van der Waals surface area (Å²) in [7, 11) is 0. The van der Waals surface area contributed by atoms with Crippen LogP contribution in [0.4, 0.5) is 13.2 Å². The standard InChI is InChI=1S/C12H9F3O/c13-12(14,15)11-7-5-10(6-8-11)4-2-1-3-9-16/h1,3,5-8,16H,9H2. The van der Waals surface area contributed by atoms with Gasteiger partial charge in [-0.3, -0.25) is 0 Å². The number of aliphatic hydroxyl groups excluding tert-OH is 1. The average molecular weight is 226 g/mol. The summed E-state index contributed by atoms with van der Waals surface area (Å²) in [4.78, 5) is 0. The van der Waals surface area contributed by atoms with E-state index in [1.807, 2.05) is 0 Å². The summed E-state index contributed by atoms with van der Waals surface area (Å²) in [5.74, 6) is 5.23. The number of hydrogen-bond acceptors (Lipinski definition) is 1. The SMILES string of the molecule is OCC=CC#Cc1ccc(C(F)(F)F)cc1. The van der Waals surface area contributed by atoms with E-state index < -0.39 is 11.7 Å². The van der Waals surface area contributed by atoms with Crippen LogP contribution in [0.15, 0.2) is 36.4 Å². The van der Waals surface area contributed by atoms with Crippen molar-refractivity contribution in [3.63, 3.8) is 0 Å². The largest absolute Gasteiger partial charge is 0.416 e. The van der Waals surface area contributed by atoms with E-state index in [4.69, 9.17) is 5.11 Å². The number of aliphatic hydroxyl groups is 1. The first-order valence-corrected chi connectivity index (χ1v) is 4.48. The molecule has 16 heavy (non-hydrogen) atoms. The molecule has 0 atom stereocenters. The van der Waals surface area contributed by atoms with Crippen LogP contribution in [0, 0.1) is 11.8 Å². The molecule has 0 fully saturated rings. The Hall–Kier alpha value is -1.73. The van der Waals surface area contributed by atoms with Crippen LogP contribution in [-0.4, -0.2) is 11.7 Å². The summed E-state index contributed by atoms with van der Waals surface area (Å²) < 4.78 is 36.6. The number of rotatable bonds is 1. The number of benzene rings is 1. The number of allylic oxidation sites excluding steroid dienone is 1. The second-order valence-electron chi connectivity index (χ2n) is 2.93. The maximum absolute atomic E-state index is 12.2. The van der Waals surface area contributed by atoms with E-state index in [0.29, 0.717) is 5.56 Å². The van der Waals surface area contributed by atoms with Crippen molar-refractivity contribution in [2.45, 2.75) is 6.18 Å². The zero-order chi connectivity index (χ0) is 12.0. The van der Waals surface area contributed by atoms with Crippen molar-refractivity contribution >= 4 is 0 Å². The molecule has 0 heterocycles. The van der Waals surface area contributed by atoms with E-state index >= 15 is 0 Å². The molecule has 0 amide bonds. The Morgan fingerprint density at radius 2 is 1.81 bits per heavy atom. The van der Waals surface area contributed by atoms with Gasteiger partial charge in [0.1, 0.15) is 0 Å². The topological polar surface area (TPSA) is 20.2 Å². The molecule has 0 bridgehead atoms. The quantitative estimate of drug-likeness (QED) is 0.730. The van der Waals surface area contributed by atoms with E-state index in [1.54, 1.807) is 0 Å². The lowest BCUT2D eigenvalue weighted by atomic mass is 10.1. The first-order chi connectivity index (χ1) is 7.54. The Morgan fingerprint density at radius 1 is 1.19 bits per heavy atom. The Morgan fingerprint density at radius 3 is 2.31 bits per heavy atom. The minimum Gasteiger partial charge on any atom is -0.392 e. The van der Waals surface area contributed by atoms with Gasteiger partial charge in [-0.25, -0.2) is 0 Å². The van der Waals surface area contributed by atoms with Crippen molar-refractivity contribution in [3.05, 3.63) is 47.5 Å². The van der Waals surface area contributed by atoms with Crippen LogP contribution in [0.3, 0.4) is 0 Å². The van der Waals surface area contributed by atoms with Gasteiger partial charge in [-0.15, -0.1) is 0 Å². The second-order valence-corrected chi connectivity index (χ2v) is 2.93. The molecule has 0 aromatic heterocycles. The van der Waals surface area contributed by atoms with Gasteiger partial charge in [0.05, 0.1) is 12.2 Å². The molecule has 1 nitrogen and oxygen atoms in total. The van der Waals surface area contributed by atoms with E-state index in [-0.39, 0.29) is 6.61 Å². The third-order valence-electron chi connectivity index (χ3n) is 1.74. The van der Waals surface area contributed by atoms with E-state index in [1.165, 1.54) is 24.3 Å². The molecule has 4 heteroatoms. The van der Waals surface area contributed by atoms with E-state index in [9.17, 15) is 13.2 Å². The number of alkyl halides is 3. The molecule has 0 aliphatic heterocycles. The van der Waals surface area contributed by atoms with Gasteiger partial charge in [0.2, 0.25) is 0 Å². The normalized spacial score (nSPS) is 11.2. The van der Waals surface area contributed by atoms with Gasteiger partial charge in [0.25, 0.3) is 0 Å². The van der Waals surface area contributed by atoms with Gasteiger partial charge in [-0.2, -0.15) is 13.2 Å². The van der Waals surface area contributed by atoms with Gasteiger partial charge >= 0.3 is 6.18 Å². The molecule has 0 aliphatic rings. The van der Waals surface area contributed by atoms with Gasteiger partial charge in [0.15, 0.2) is 0 Å². The minimum atomic E-state index is -4.32. The molecule has 84 valence electrons. The van der Waals surface area contributed by atoms with Crippen molar-refractivity contribution in [2.24, 2.45) is 0 Å². The summed E-state index contributed by atoms with van der Waals surface area (Å²) in [5, 5.41) is 8.41. The van der Waals surface area contributed by atoms with Gasteiger partial charge in [0, 0.05) is 5.56 Å². The third-order valence-corrected chi connectivity index (χ3v) is 1.74. The zero-order valence-corrected chi connectivity index (χ0v) is 8.25. The van der Waals surface area contributed by atoms with Crippen LogP contribution in [0.2, 0.25) is 0 Å². The van der Waals surface area contributed by atoms with Crippen LogP contribution >= 0.6 is 0 Å². The Labute approximate surface area is 91.2 Å². The zero-order valence-electron chi connectivity index (χ0n) is 8.25. The van der Waals surface area contributed by atoms with Crippen molar-refractivity contribution in [1.29, 1.82) is 0 Å². The van der Waals surface area contributed by atoms with E-state index in [2.05, 4.69) is 11.8 Å². The Balaban J connectivity index is 2.79. The van der Waals surface area contributed by atoms with Crippen molar-refractivity contribution in [1.82, 2.24) is 0 Å². The molecule has 0 saturated heterocycles. The highest BCUT2D eigenvalue weighted by atomic mass is 19.4. The molecule has 1 aromatic rings. The van der Waals surface area contributed by atoms with Crippen LogP contribution in [-0.2, 0) is 6.18 Å². The average Bonchev–Trinajstić information content (AvgIpc) is 2.24. The fourth-order valence-electron chi connectivity index (χ4n) is 0.979. The minimum absolute atomic E-state index is 0.109. The lowest BCUT2D eigenvalue weighted by molar-refractivity contribution is -0.137. The first-order valence-electron chi connectivity index (χ1n) is 4.48. The third kappa shape index (κ3) is 3.79. The fraction of sp³-hybridized carbons (Fsp3) is 0.167.